The van der Waals surface area contributed by atoms with Crippen LogP contribution in [0, 0.1) is 10.1 Å². The molecule has 0 amide bonds. The summed E-state index contributed by atoms with van der Waals surface area (Å²) in [6.45, 7) is 0.792. The maximum Gasteiger partial charge on any atom is 0.293 e. The molecule has 0 heterocycles. The molecule has 3 aromatic carbocycles. The molecular formula is C22H21BrN2O5. The number of nitro groups is 1. The van der Waals surface area contributed by atoms with Gasteiger partial charge in [0.1, 0.15) is 18.0 Å². The second-order valence-corrected chi connectivity index (χ2v) is 7.31. The first-order valence-electron chi connectivity index (χ1n) is 9.10. The molecule has 0 radical (unpaired) electrons. The minimum absolute atomic E-state index is 0.00999. The normalized spacial score (nSPS) is 10.4. The second kappa shape index (κ2) is 9.98. The van der Waals surface area contributed by atoms with Crippen molar-refractivity contribution in [2.75, 3.05) is 19.5 Å². The average Bonchev–Trinajstić information content (AvgIpc) is 2.77. The molecule has 0 aliphatic rings. The zero-order chi connectivity index (χ0) is 21.5. The van der Waals surface area contributed by atoms with E-state index in [1.165, 1.54) is 6.07 Å². The summed E-state index contributed by atoms with van der Waals surface area (Å²) in [5, 5.41) is 14.4. The van der Waals surface area contributed by atoms with Gasteiger partial charge in [0.15, 0.2) is 11.5 Å². The van der Waals surface area contributed by atoms with Gasteiger partial charge >= 0.3 is 0 Å². The van der Waals surface area contributed by atoms with Crippen LogP contribution in [0.3, 0.4) is 0 Å². The lowest BCUT2D eigenvalue weighted by Gasteiger charge is -2.13. The van der Waals surface area contributed by atoms with Crippen molar-refractivity contribution in [1.29, 1.82) is 0 Å². The number of ether oxygens (including phenoxy) is 3. The summed E-state index contributed by atoms with van der Waals surface area (Å²) in [7, 11) is 3.20. The SMILES string of the molecule is COc1ccc(COc2ccc(CNc3ccc(Br)cc3[N+](=O)[O-])cc2OC)cc1. The summed E-state index contributed by atoms with van der Waals surface area (Å²) < 4.78 is 17.2. The number of methoxy groups -OCH3 is 2. The van der Waals surface area contributed by atoms with Gasteiger partial charge in [-0.2, -0.15) is 0 Å². The molecule has 0 aliphatic heterocycles. The van der Waals surface area contributed by atoms with Crippen LogP contribution in [0.4, 0.5) is 11.4 Å². The van der Waals surface area contributed by atoms with Crippen LogP contribution in [-0.4, -0.2) is 19.1 Å². The monoisotopic (exact) mass is 472 g/mol. The maximum absolute atomic E-state index is 11.3. The van der Waals surface area contributed by atoms with Crippen molar-refractivity contribution in [2.24, 2.45) is 0 Å². The molecule has 1 N–H and O–H groups in total. The molecule has 0 saturated carbocycles. The van der Waals surface area contributed by atoms with Crippen molar-refractivity contribution >= 4 is 27.3 Å². The molecule has 3 aromatic rings. The predicted molar refractivity (Wildman–Crippen MR) is 118 cm³/mol. The Morgan fingerprint density at radius 1 is 0.933 bits per heavy atom. The van der Waals surface area contributed by atoms with Crippen molar-refractivity contribution in [2.45, 2.75) is 13.2 Å². The molecular weight excluding hydrogens is 452 g/mol. The molecule has 0 bridgehead atoms. The third kappa shape index (κ3) is 5.42. The Bertz CT molecular complexity index is 1020. The number of nitrogens with one attached hydrogen (secondary N) is 1. The van der Waals surface area contributed by atoms with Crippen LogP contribution < -0.4 is 19.5 Å². The highest BCUT2D eigenvalue weighted by Crippen LogP contribution is 2.31. The van der Waals surface area contributed by atoms with Crippen LogP contribution in [0.1, 0.15) is 11.1 Å². The minimum atomic E-state index is -0.413. The Morgan fingerprint density at radius 2 is 1.67 bits per heavy atom. The molecule has 0 aromatic heterocycles. The van der Waals surface area contributed by atoms with Crippen molar-refractivity contribution in [3.05, 3.63) is 86.4 Å². The molecule has 30 heavy (non-hydrogen) atoms. The van der Waals surface area contributed by atoms with E-state index in [0.717, 1.165) is 16.9 Å². The van der Waals surface area contributed by atoms with Crippen LogP contribution in [0.2, 0.25) is 0 Å². The van der Waals surface area contributed by atoms with Gasteiger partial charge in [0.25, 0.3) is 5.69 Å². The highest BCUT2D eigenvalue weighted by atomic mass is 79.9. The van der Waals surface area contributed by atoms with Gasteiger partial charge < -0.3 is 19.5 Å². The summed E-state index contributed by atoms with van der Waals surface area (Å²) in [5.74, 6) is 2.00. The van der Waals surface area contributed by atoms with Crippen molar-refractivity contribution in [3.63, 3.8) is 0 Å². The highest BCUT2D eigenvalue weighted by Gasteiger charge is 2.14. The van der Waals surface area contributed by atoms with Crippen LogP contribution in [0.5, 0.6) is 17.2 Å². The number of nitro benzene ring substituents is 1. The second-order valence-electron chi connectivity index (χ2n) is 6.39. The van der Waals surface area contributed by atoms with E-state index < -0.39 is 4.92 Å². The van der Waals surface area contributed by atoms with E-state index in [-0.39, 0.29) is 5.69 Å². The van der Waals surface area contributed by atoms with Crippen molar-refractivity contribution in [3.8, 4) is 17.2 Å². The molecule has 0 spiro atoms. The number of nitrogens with zero attached hydrogens (tertiary/aromatic N) is 1. The minimum Gasteiger partial charge on any atom is -0.497 e. The Kier molecular flexibility index (Phi) is 7.13. The lowest BCUT2D eigenvalue weighted by atomic mass is 10.2. The number of anilines is 1. The zero-order valence-corrected chi connectivity index (χ0v) is 18.1. The van der Waals surface area contributed by atoms with Crippen LogP contribution >= 0.6 is 15.9 Å². The highest BCUT2D eigenvalue weighted by molar-refractivity contribution is 9.10. The van der Waals surface area contributed by atoms with Gasteiger partial charge in [-0.1, -0.05) is 34.1 Å². The van der Waals surface area contributed by atoms with E-state index in [2.05, 4.69) is 21.2 Å². The Morgan fingerprint density at radius 3 is 2.33 bits per heavy atom. The van der Waals surface area contributed by atoms with Gasteiger partial charge in [0, 0.05) is 17.1 Å². The summed E-state index contributed by atoms with van der Waals surface area (Å²) >= 11 is 3.26. The quantitative estimate of drug-likeness (QED) is 0.324. The van der Waals surface area contributed by atoms with Crippen LogP contribution in [0.25, 0.3) is 0 Å². The molecule has 0 saturated heterocycles. The van der Waals surface area contributed by atoms with Crippen LogP contribution in [-0.2, 0) is 13.2 Å². The lowest BCUT2D eigenvalue weighted by molar-refractivity contribution is -0.384. The van der Waals surface area contributed by atoms with Gasteiger partial charge in [-0.25, -0.2) is 0 Å². The lowest BCUT2D eigenvalue weighted by Crippen LogP contribution is -2.04. The fourth-order valence-electron chi connectivity index (χ4n) is 2.83. The largest absolute Gasteiger partial charge is 0.497 e. The van der Waals surface area contributed by atoms with E-state index in [4.69, 9.17) is 14.2 Å². The van der Waals surface area contributed by atoms with Gasteiger partial charge in [-0.3, -0.25) is 10.1 Å². The average molecular weight is 473 g/mol. The molecule has 0 atom stereocenters. The van der Waals surface area contributed by atoms with E-state index in [1.807, 2.05) is 42.5 Å². The van der Waals surface area contributed by atoms with Crippen molar-refractivity contribution < 1.29 is 19.1 Å². The molecule has 8 heteroatoms. The standard InChI is InChI=1S/C22H21BrN2O5/c1-28-18-7-3-15(4-8-18)14-30-21-10-5-16(11-22(21)29-2)13-24-19-9-6-17(23)12-20(19)25(26)27/h3-12,24H,13-14H2,1-2H3. The number of rotatable bonds is 9. The van der Waals surface area contributed by atoms with Crippen molar-refractivity contribution in [1.82, 2.24) is 0 Å². The van der Waals surface area contributed by atoms with Gasteiger partial charge in [0.05, 0.1) is 19.1 Å². The first kappa shape index (κ1) is 21.4. The molecule has 3 rings (SSSR count). The molecule has 156 valence electrons. The molecule has 0 fully saturated rings. The van der Waals surface area contributed by atoms with Crippen LogP contribution in [0.15, 0.2) is 65.1 Å². The first-order valence-corrected chi connectivity index (χ1v) is 9.90. The third-order valence-corrected chi connectivity index (χ3v) is 4.91. The third-order valence-electron chi connectivity index (χ3n) is 4.42. The summed E-state index contributed by atoms with van der Waals surface area (Å²) in [5.41, 5.74) is 2.37. The fraction of sp³-hybridized carbons (Fsp3) is 0.182. The molecule has 0 unspecified atom stereocenters. The summed E-state index contributed by atoms with van der Waals surface area (Å²) in [4.78, 5) is 10.8. The number of benzene rings is 3. The maximum atomic E-state index is 11.3. The van der Waals surface area contributed by atoms with E-state index in [1.54, 1.807) is 26.4 Å². The fourth-order valence-corrected chi connectivity index (χ4v) is 3.18. The zero-order valence-electron chi connectivity index (χ0n) is 16.6. The smallest absolute Gasteiger partial charge is 0.293 e. The number of hydrogen-bond donors (Lipinski definition) is 1. The van der Waals surface area contributed by atoms with Gasteiger partial charge in [-0.15, -0.1) is 0 Å². The molecule has 0 aliphatic carbocycles. The van der Waals surface area contributed by atoms with E-state index in [0.29, 0.717) is 34.8 Å². The summed E-state index contributed by atoms with van der Waals surface area (Å²) in [6, 6.07) is 18.1. The van der Waals surface area contributed by atoms with E-state index in [9.17, 15) is 10.1 Å². The predicted octanol–water partition coefficient (Wildman–Crippen LogP) is 5.57. The van der Waals surface area contributed by atoms with E-state index >= 15 is 0 Å². The Balaban J connectivity index is 1.67. The van der Waals surface area contributed by atoms with Gasteiger partial charge in [-0.05, 0) is 47.5 Å². The Hall–Kier alpha value is -3.26. The first-order chi connectivity index (χ1) is 14.5. The number of hydrogen-bond acceptors (Lipinski definition) is 6. The topological polar surface area (TPSA) is 82.9 Å². The number of halogens is 1. The molecule has 7 nitrogen and oxygen atoms in total. The Labute approximate surface area is 182 Å². The summed E-state index contributed by atoms with van der Waals surface area (Å²) in [6.07, 6.45) is 0. The van der Waals surface area contributed by atoms with Gasteiger partial charge in [0.2, 0.25) is 0 Å².